The molecule has 1 saturated carbocycles. The standard InChI is InChI=1S/C13H17N3O4S/c17-16(18)12-3-1-2-4-13(12)21(19,20)15-11-7-9-5-6-10(11)14-8-9/h1-4,9-11,14-15H,5-8H2. The molecule has 0 amide bonds. The van der Waals surface area contributed by atoms with Crippen LogP contribution in [0, 0.1) is 16.0 Å². The van der Waals surface area contributed by atoms with Crippen molar-refractivity contribution in [1.82, 2.24) is 10.0 Å². The summed E-state index contributed by atoms with van der Waals surface area (Å²) < 4.78 is 27.6. The summed E-state index contributed by atoms with van der Waals surface area (Å²) in [6.45, 7) is 0.925. The number of para-hydroxylation sites is 1. The van der Waals surface area contributed by atoms with Crippen molar-refractivity contribution in [2.24, 2.45) is 5.92 Å². The number of hydrogen-bond acceptors (Lipinski definition) is 5. The topological polar surface area (TPSA) is 101 Å². The molecule has 1 aliphatic carbocycles. The number of nitro benzene ring substituents is 1. The SMILES string of the molecule is O=[N+]([O-])c1ccccc1S(=O)(=O)NC1CC2CCC1NC2. The summed E-state index contributed by atoms with van der Waals surface area (Å²) in [6, 6.07) is 5.36. The molecule has 21 heavy (non-hydrogen) atoms. The van der Waals surface area contributed by atoms with Crippen LogP contribution >= 0.6 is 0 Å². The van der Waals surface area contributed by atoms with Crippen LogP contribution in [0.1, 0.15) is 19.3 Å². The van der Waals surface area contributed by atoms with Crippen molar-refractivity contribution in [3.8, 4) is 0 Å². The lowest BCUT2D eigenvalue weighted by Crippen LogP contribution is -2.59. The summed E-state index contributed by atoms with van der Waals surface area (Å²) >= 11 is 0. The smallest absolute Gasteiger partial charge is 0.289 e. The highest BCUT2D eigenvalue weighted by Gasteiger charge is 2.38. The molecule has 114 valence electrons. The molecule has 1 aromatic rings. The summed E-state index contributed by atoms with van der Waals surface area (Å²) in [7, 11) is -3.89. The second kappa shape index (κ2) is 5.36. The summed E-state index contributed by atoms with van der Waals surface area (Å²) in [5.41, 5.74) is -0.390. The van der Waals surface area contributed by atoms with Crippen molar-refractivity contribution < 1.29 is 13.3 Å². The van der Waals surface area contributed by atoms with Gasteiger partial charge in [0.2, 0.25) is 10.0 Å². The maximum atomic E-state index is 12.5. The van der Waals surface area contributed by atoms with Gasteiger partial charge in [0.1, 0.15) is 0 Å². The molecule has 1 aromatic carbocycles. The Labute approximate surface area is 122 Å². The Morgan fingerprint density at radius 3 is 2.62 bits per heavy atom. The number of benzene rings is 1. The summed E-state index contributed by atoms with van der Waals surface area (Å²) in [6.07, 6.45) is 2.84. The fourth-order valence-corrected chi connectivity index (χ4v) is 4.70. The van der Waals surface area contributed by atoms with Gasteiger partial charge in [-0.25, -0.2) is 13.1 Å². The van der Waals surface area contributed by atoms with E-state index in [1.807, 2.05) is 0 Å². The van der Waals surface area contributed by atoms with Gasteiger partial charge in [0.05, 0.1) is 4.92 Å². The lowest BCUT2D eigenvalue weighted by molar-refractivity contribution is -0.387. The molecule has 3 unspecified atom stereocenters. The zero-order valence-electron chi connectivity index (χ0n) is 11.4. The third-order valence-corrected chi connectivity index (χ3v) is 5.82. The van der Waals surface area contributed by atoms with E-state index in [2.05, 4.69) is 10.0 Å². The van der Waals surface area contributed by atoms with E-state index in [0.717, 1.165) is 25.8 Å². The van der Waals surface area contributed by atoms with E-state index in [1.165, 1.54) is 24.3 Å². The minimum atomic E-state index is -3.89. The number of nitrogens with one attached hydrogen (secondary N) is 2. The largest absolute Gasteiger partial charge is 0.312 e. The predicted molar refractivity (Wildman–Crippen MR) is 76.3 cm³/mol. The van der Waals surface area contributed by atoms with Crippen molar-refractivity contribution in [2.75, 3.05) is 6.54 Å². The van der Waals surface area contributed by atoms with Crippen LogP contribution < -0.4 is 10.0 Å². The van der Waals surface area contributed by atoms with Gasteiger partial charge in [-0.2, -0.15) is 0 Å². The van der Waals surface area contributed by atoms with E-state index in [9.17, 15) is 18.5 Å². The molecule has 2 N–H and O–H groups in total. The van der Waals surface area contributed by atoms with Crippen LogP contribution in [-0.2, 0) is 10.0 Å². The minimum absolute atomic E-state index is 0.118. The quantitative estimate of drug-likeness (QED) is 0.638. The van der Waals surface area contributed by atoms with Gasteiger partial charge in [0.15, 0.2) is 4.90 Å². The first-order valence-corrected chi connectivity index (χ1v) is 8.45. The van der Waals surface area contributed by atoms with Crippen LogP contribution in [0.15, 0.2) is 29.2 Å². The fraction of sp³-hybridized carbons (Fsp3) is 0.538. The molecule has 0 aromatic heterocycles. The molecule has 2 saturated heterocycles. The van der Waals surface area contributed by atoms with Crippen LogP contribution in [0.2, 0.25) is 0 Å². The summed E-state index contributed by atoms with van der Waals surface area (Å²) in [5.74, 6) is 0.480. The Morgan fingerprint density at radius 1 is 1.29 bits per heavy atom. The Kier molecular flexibility index (Phi) is 3.68. The number of nitro groups is 1. The van der Waals surface area contributed by atoms with Crippen molar-refractivity contribution in [1.29, 1.82) is 0 Å². The number of nitrogens with zero attached hydrogens (tertiary/aromatic N) is 1. The van der Waals surface area contributed by atoms with E-state index in [-0.39, 0.29) is 22.7 Å². The molecule has 2 aliphatic heterocycles. The highest BCUT2D eigenvalue weighted by molar-refractivity contribution is 7.89. The van der Waals surface area contributed by atoms with E-state index >= 15 is 0 Å². The third-order valence-electron chi connectivity index (χ3n) is 4.29. The van der Waals surface area contributed by atoms with Gasteiger partial charge in [-0.15, -0.1) is 0 Å². The maximum Gasteiger partial charge on any atom is 0.289 e. The van der Waals surface area contributed by atoms with Crippen molar-refractivity contribution in [3.63, 3.8) is 0 Å². The molecular weight excluding hydrogens is 294 g/mol. The van der Waals surface area contributed by atoms with E-state index in [1.54, 1.807) is 0 Å². The molecule has 0 radical (unpaired) electrons. The first kappa shape index (κ1) is 14.4. The molecule has 3 aliphatic rings. The van der Waals surface area contributed by atoms with Crippen molar-refractivity contribution in [3.05, 3.63) is 34.4 Å². The van der Waals surface area contributed by atoms with Gasteiger partial charge in [-0.05, 0) is 37.8 Å². The normalized spacial score (nSPS) is 28.5. The van der Waals surface area contributed by atoms with E-state index in [4.69, 9.17) is 0 Å². The van der Waals surface area contributed by atoms with Gasteiger partial charge in [0, 0.05) is 18.2 Å². The van der Waals surface area contributed by atoms with Gasteiger partial charge in [-0.3, -0.25) is 10.1 Å². The maximum absolute atomic E-state index is 12.5. The Hall–Kier alpha value is -1.51. The molecule has 7 nitrogen and oxygen atoms in total. The monoisotopic (exact) mass is 311 g/mol. The molecule has 2 bridgehead atoms. The van der Waals surface area contributed by atoms with Gasteiger partial charge < -0.3 is 5.32 Å². The second-order valence-electron chi connectivity index (χ2n) is 5.65. The molecule has 4 rings (SSSR count). The number of fused-ring (bicyclic) bond motifs is 3. The number of piperidine rings is 2. The zero-order chi connectivity index (χ0) is 15.0. The first-order valence-electron chi connectivity index (χ1n) is 6.96. The Balaban J connectivity index is 1.86. The molecule has 8 heteroatoms. The molecule has 3 fully saturated rings. The number of rotatable bonds is 4. The zero-order valence-corrected chi connectivity index (χ0v) is 12.2. The van der Waals surface area contributed by atoms with Crippen LogP contribution in [0.5, 0.6) is 0 Å². The second-order valence-corrected chi connectivity index (χ2v) is 7.33. The molecular formula is C13H17N3O4S. The van der Waals surface area contributed by atoms with Crippen molar-refractivity contribution in [2.45, 2.75) is 36.2 Å². The molecule has 3 atom stereocenters. The van der Waals surface area contributed by atoms with Gasteiger partial charge >= 0.3 is 0 Å². The average Bonchev–Trinajstić information content (AvgIpc) is 2.48. The average molecular weight is 311 g/mol. The van der Waals surface area contributed by atoms with Crippen LogP contribution in [0.4, 0.5) is 5.69 Å². The highest BCUT2D eigenvalue weighted by Crippen LogP contribution is 2.31. The van der Waals surface area contributed by atoms with Crippen molar-refractivity contribution >= 4 is 15.7 Å². The number of sulfonamides is 1. The van der Waals surface area contributed by atoms with E-state index < -0.39 is 14.9 Å². The van der Waals surface area contributed by atoms with Crippen LogP contribution in [0.25, 0.3) is 0 Å². The van der Waals surface area contributed by atoms with Gasteiger partial charge in [-0.1, -0.05) is 12.1 Å². The Morgan fingerprint density at radius 2 is 2.05 bits per heavy atom. The number of hydrogen-bond donors (Lipinski definition) is 2. The molecule has 2 heterocycles. The van der Waals surface area contributed by atoms with Crippen LogP contribution in [0.3, 0.4) is 0 Å². The summed E-state index contributed by atoms with van der Waals surface area (Å²) in [4.78, 5) is 10.1. The third kappa shape index (κ3) is 2.78. The van der Waals surface area contributed by atoms with E-state index in [0.29, 0.717) is 5.92 Å². The lowest BCUT2D eigenvalue weighted by Gasteiger charge is -2.43. The molecule has 0 spiro atoms. The van der Waals surface area contributed by atoms with Gasteiger partial charge in [0.25, 0.3) is 5.69 Å². The Bertz CT molecular complexity index is 653. The fourth-order valence-electron chi connectivity index (χ4n) is 3.23. The summed E-state index contributed by atoms with van der Waals surface area (Å²) in [5, 5.41) is 14.3. The van der Waals surface area contributed by atoms with Crippen LogP contribution in [-0.4, -0.2) is 32.0 Å². The minimum Gasteiger partial charge on any atom is -0.312 e. The highest BCUT2D eigenvalue weighted by atomic mass is 32.2. The lowest BCUT2D eigenvalue weighted by atomic mass is 9.78. The predicted octanol–water partition coefficient (Wildman–Crippen LogP) is 1.01. The first-order chi connectivity index (χ1) is 9.97.